The fourth-order valence-electron chi connectivity index (χ4n) is 4.04. The Hall–Kier alpha value is -2.96. The van der Waals surface area contributed by atoms with Crippen LogP contribution in [0.2, 0.25) is 0 Å². The van der Waals surface area contributed by atoms with Gasteiger partial charge in [-0.2, -0.15) is 0 Å². The maximum Gasteiger partial charge on any atom is 0.254 e. The Kier molecular flexibility index (Phi) is 8.20. The Bertz CT molecular complexity index is 868. The molecule has 2 aromatic carbocycles. The molecule has 174 valence electrons. The largest absolute Gasteiger partial charge is 0.490 e. The molecule has 3 rings (SSSR count). The highest BCUT2D eigenvalue weighted by molar-refractivity contribution is 5.95. The van der Waals surface area contributed by atoms with Crippen LogP contribution in [0.3, 0.4) is 0 Å². The molecular formula is C25H33FN2O4. The number of nitrogens with zero attached hydrogens (tertiary/aromatic N) is 2. The van der Waals surface area contributed by atoms with Gasteiger partial charge in [0, 0.05) is 37.4 Å². The number of hydrogen-bond acceptors (Lipinski definition) is 5. The lowest BCUT2D eigenvalue weighted by Crippen LogP contribution is -2.45. The Balaban J connectivity index is 1.74. The van der Waals surface area contributed by atoms with Crippen molar-refractivity contribution in [3.05, 3.63) is 47.8 Å². The van der Waals surface area contributed by atoms with Crippen molar-refractivity contribution >= 4 is 11.6 Å². The third-order valence-electron chi connectivity index (χ3n) is 5.68. The van der Waals surface area contributed by atoms with Gasteiger partial charge in [-0.15, -0.1) is 0 Å². The van der Waals surface area contributed by atoms with Gasteiger partial charge in [-0.3, -0.25) is 4.79 Å². The molecule has 0 atom stereocenters. The maximum absolute atomic E-state index is 13.3. The summed E-state index contributed by atoms with van der Waals surface area (Å²) in [7, 11) is 1.84. The molecule has 1 amide bonds. The summed E-state index contributed by atoms with van der Waals surface area (Å²) in [6, 6.07) is 10.2. The van der Waals surface area contributed by atoms with Crippen LogP contribution >= 0.6 is 0 Å². The van der Waals surface area contributed by atoms with Gasteiger partial charge in [0.25, 0.3) is 5.91 Å². The monoisotopic (exact) mass is 444 g/mol. The Morgan fingerprint density at radius 2 is 1.50 bits per heavy atom. The average molecular weight is 445 g/mol. The number of carbonyl (C=O) groups excluding carboxylic acids is 1. The van der Waals surface area contributed by atoms with Crippen molar-refractivity contribution in [3.8, 4) is 17.2 Å². The number of piperidine rings is 1. The molecule has 0 radical (unpaired) electrons. The van der Waals surface area contributed by atoms with E-state index >= 15 is 0 Å². The van der Waals surface area contributed by atoms with E-state index in [2.05, 4.69) is 4.90 Å². The van der Waals surface area contributed by atoms with Crippen LogP contribution in [-0.4, -0.2) is 56.8 Å². The van der Waals surface area contributed by atoms with E-state index in [4.69, 9.17) is 14.2 Å². The molecule has 0 N–H and O–H groups in total. The minimum absolute atomic E-state index is 0.0739. The molecule has 0 saturated carbocycles. The molecule has 0 aromatic heterocycles. The van der Waals surface area contributed by atoms with Gasteiger partial charge in [-0.1, -0.05) is 0 Å². The predicted molar refractivity (Wildman–Crippen MR) is 124 cm³/mol. The van der Waals surface area contributed by atoms with E-state index in [-0.39, 0.29) is 17.8 Å². The van der Waals surface area contributed by atoms with Crippen LogP contribution in [0.15, 0.2) is 36.4 Å². The number of carbonyl (C=O) groups is 1. The summed E-state index contributed by atoms with van der Waals surface area (Å²) in [5, 5.41) is 0. The van der Waals surface area contributed by atoms with Crippen LogP contribution < -0.4 is 19.1 Å². The molecule has 6 nitrogen and oxygen atoms in total. The zero-order valence-corrected chi connectivity index (χ0v) is 19.4. The average Bonchev–Trinajstić information content (AvgIpc) is 2.81. The van der Waals surface area contributed by atoms with Gasteiger partial charge < -0.3 is 24.0 Å². The lowest BCUT2D eigenvalue weighted by atomic mass is 10.0. The predicted octanol–water partition coefficient (Wildman–Crippen LogP) is 4.76. The van der Waals surface area contributed by atoms with Crippen LogP contribution in [0, 0.1) is 5.82 Å². The second kappa shape index (κ2) is 11.1. The van der Waals surface area contributed by atoms with Gasteiger partial charge >= 0.3 is 0 Å². The molecule has 1 fully saturated rings. The molecule has 7 heteroatoms. The van der Waals surface area contributed by atoms with Crippen LogP contribution in [0.1, 0.15) is 44.0 Å². The molecule has 2 aromatic rings. The highest BCUT2D eigenvalue weighted by atomic mass is 19.1. The van der Waals surface area contributed by atoms with Crippen molar-refractivity contribution in [2.24, 2.45) is 0 Å². The summed E-state index contributed by atoms with van der Waals surface area (Å²) in [6.45, 7) is 8.70. The van der Waals surface area contributed by atoms with Gasteiger partial charge in [0.05, 0.1) is 19.8 Å². The van der Waals surface area contributed by atoms with Crippen molar-refractivity contribution in [1.82, 2.24) is 4.90 Å². The van der Waals surface area contributed by atoms with E-state index in [0.29, 0.717) is 42.6 Å². The summed E-state index contributed by atoms with van der Waals surface area (Å²) in [6.07, 6.45) is 1.68. The zero-order chi connectivity index (χ0) is 23.1. The van der Waals surface area contributed by atoms with E-state index in [1.54, 1.807) is 24.3 Å². The molecule has 0 spiro atoms. The number of benzene rings is 2. The summed E-state index contributed by atoms with van der Waals surface area (Å²) in [4.78, 5) is 17.4. The van der Waals surface area contributed by atoms with Crippen molar-refractivity contribution in [2.75, 3.05) is 44.9 Å². The van der Waals surface area contributed by atoms with E-state index in [1.807, 2.05) is 32.7 Å². The fraction of sp³-hybridized carbons (Fsp3) is 0.480. The van der Waals surface area contributed by atoms with Gasteiger partial charge in [0.1, 0.15) is 5.82 Å². The van der Waals surface area contributed by atoms with E-state index in [1.165, 1.54) is 12.1 Å². The Labute approximate surface area is 189 Å². The standard InChI is InChI=1S/C25H33FN2O4/c1-5-30-22-16-18(17-23(31-6-2)24(22)32-7-3)25(29)27(4)20-12-14-28(15-13-20)21-10-8-19(26)9-11-21/h8-11,16-17,20H,5-7,12-15H2,1-4H3. The minimum atomic E-state index is -0.234. The molecule has 1 saturated heterocycles. The zero-order valence-electron chi connectivity index (χ0n) is 19.4. The highest BCUT2D eigenvalue weighted by Gasteiger charge is 2.28. The van der Waals surface area contributed by atoms with Crippen LogP contribution in [0.25, 0.3) is 0 Å². The van der Waals surface area contributed by atoms with Crippen molar-refractivity contribution in [2.45, 2.75) is 39.7 Å². The van der Waals surface area contributed by atoms with Gasteiger partial charge in [-0.25, -0.2) is 4.39 Å². The summed E-state index contributed by atoms with van der Waals surface area (Å²) in [5.74, 6) is 1.26. The van der Waals surface area contributed by atoms with E-state index < -0.39 is 0 Å². The second-order valence-electron chi connectivity index (χ2n) is 7.71. The molecule has 0 aliphatic carbocycles. The number of halogens is 1. The smallest absolute Gasteiger partial charge is 0.254 e. The molecule has 1 heterocycles. The molecule has 0 unspecified atom stereocenters. The number of anilines is 1. The highest BCUT2D eigenvalue weighted by Crippen LogP contribution is 2.39. The van der Waals surface area contributed by atoms with Crippen LogP contribution in [-0.2, 0) is 0 Å². The van der Waals surface area contributed by atoms with E-state index in [0.717, 1.165) is 31.6 Å². The fourth-order valence-corrected chi connectivity index (χ4v) is 4.04. The SMILES string of the molecule is CCOc1cc(C(=O)N(C)C2CCN(c3ccc(F)cc3)CC2)cc(OCC)c1OCC. The third kappa shape index (κ3) is 5.44. The van der Waals surface area contributed by atoms with Crippen LogP contribution in [0.4, 0.5) is 10.1 Å². The topological polar surface area (TPSA) is 51.2 Å². The quantitative estimate of drug-likeness (QED) is 0.558. The minimum Gasteiger partial charge on any atom is -0.490 e. The first-order valence-electron chi connectivity index (χ1n) is 11.3. The number of hydrogen-bond donors (Lipinski definition) is 0. The van der Waals surface area contributed by atoms with Crippen LogP contribution in [0.5, 0.6) is 17.2 Å². The van der Waals surface area contributed by atoms with E-state index in [9.17, 15) is 9.18 Å². The first-order valence-corrected chi connectivity index (χ1v) is 11.3. The normalized spacial score (nSPS) is 14.2. The lowest BCUT2D eigenvalue weighted by molar-refractivity contribution is 0.0708. The summed E-state index contributed by atoms with van der Waals surface area (Å²) < 4.78 is 30.5. The first kappa shape index (κ1) is 23.7. The second-order valence-corrected chi connectivity index (χ2v) is 7.71. The Morgan fingerprint density at radius 3 is 2.00 bits per heavy atom. The summed E-state index contributed by atoms with van der Waals surface area (Å²) >= 11 is 0. The van der Waals surface area contributed by atoms with Gasteiger partial charge in [-0.05, 0) is 70.0 Å². The molecule has 32 heavy (non-hydrogen) atoms. The third-order valence-corrected chi connectivity index (χ3v) is 5.68. The first-order chi connectivity index (χ1) is 15.5. The lowest BCUT2D eigenvalue weighted by Gasteiger charge is -2.38. The number of rotatable bonds is 9. The summed E-state index contributed by atoms with van der Waals surface area (Å²) in [5.41, 5.74) is 1.52. The Morgan fingerprint density at radius 1 is 0.969 bits per heavy atom. The van der Waals surface area contributed by atoms with Crippen molar-refractivity contribution in [1.29, 1.82) is 0 Å². The number of amides is 1. The van der Waals surface area contributed by atoms with Gasteiger partial charge in [0.15, 0.2) is 11.5 Å². The maximum atomic E-state index is 13.3. The van der Waals surface area contributed by atoms with Crippen molar-refractivity contribution in [3.63, 3.8) is 0 Å². The molecule has 0 bridgehead atoms. The molecule has 1 aliphatic heterocycles. The molecule has 1 aliphatic rings. The van der Waals surface area contributed by atoms with Crippen molar-refractivity contribution < 1.29 is 23.4 Å². The number of ether oxygens (including phenoxy) is 3. The molecular weight excluding hydrogens is 411 g/mol. The van der Waals surface area contributed by atoms with Gasteiger partial charge in [0.2, 0.25) is 5.75 Å².